The minimum atomic E-state index is 0.0636. The number of fused-ring (bicyclic) bond motifs is 4. The van der Waals surface area contributed by atoms with Crippen LogP contribution in [0.2, 0.25) is 0 Å². The number of para-hydroxylation sites is 1. The molecule has 130 valence electrons. The van der Waals surface area contributed by atoms with Crippen LogP contribution in [0.4, 0.5) is 5.82 Å². The summed E-state index contributed by atoms with van der Waals surface area (Å²) in [5, 5.41) is 0.979. The zero-order valence-corrected chi connectivity index (χ0v) is 14.3. The molecule has 1 aliphatic rings. The predicted molar refractivity (Wildman–Crippen MR) is 98.2 cm³/mol. The highest BCUT2D eigenvalue weighted by molar-refractivity contribution is 6.05. The van der Waals surface area contributed by atoms with Crippen molar-refractivity contribution in [2.45, 2.75) is 26.4 Å². The fraction of sp³-hybridized carbons (Fsp3) is 0.263. The number of hydrogen-bond donors (Lipinski definition) is 0. The normalized spacial score (nSPS) is 14.1. The van der Waals surface area contributed by atoms with Crippen LogP contribution in [0.15, 0.2) is 46.1 Å². The molecule has 0 atom stereocenters. The number of nitrogens with zero attached hydrogens (tertiary/aromatic N) is 5. The quantitative estimate of drug-likeness (QED) is 0.554. The van der Waals surface area contributed by atoms with E-state index in [-0.39, 0.29) is 5.56 Å². The van der Waals surface area contributed by atoms with Crippen LogP contribution in [0.5, 0.6) is 0 Å². The van der Waals surface area contributed by atoms with E-state index in [0.717, 1.165) is 33.6 Å². The van der Waals surface area contributed by atoms with Crippen molar-refractivity contribution < 1.29 is 4.42 Å². The van der Waals surface area contributed by atoms with Crippen molar-refractivity contribution in [3.63, 3.8) is 0 Å². The van der Waals surface area contributed by atoms with Crippen molar-refractivity contribution in [3.8, 4) is 0 Å². The molecule has 4 heterocycles. The zero-order valence-electron chi connectivity index (χ0n) is 14.3. The minimum absolute atomic E-state index is 0.0636. The van der Waals surface area contributed by atoms with Crippen LogP contribution in [0.3, 0.4) is 0 Å². The van der Waals surface area contributed by atoms with Crippen LogP contribution < -0.4 is 10.5 Å². The van der Waals surface area contributed by atoms with Gasteiger partial charge < -0.3 is 9.32 Å². The first-order valence-electron chi connectivity index (χ1n) is 8.70. The summed E-state index contributed by atoms with van der Waals surface area (Å²) >= 11 is 0. The molecule has 0 N–H and O–H groups in total. The van der Waals surface area contributed by atoms with Gasteiger partial charge in [0.05, 0.1) is 18.6 Å². The van der Waals surface area contributed by atoms with Crippen molar-refractivity contribution in [1.29, 1.82) is 0 Å². The lowest BCUT2D eigenvalue weighted by atomic mass is 10.1. The van der Waals surface area contributed by atoms with E-state index in [2.05, 4.69) is 19.9 Å². The Hall–Kier alpha value is -3.22. The number of hydrogen-bond acceptors (Lipinski definition) is 6. The molecule has 3 aromatic heterocycles. The summed E-state index contributed by atoms with van der Waals surface area (Å²) in [5.41, 5.74) is 3.97. The molecule has 0 saturated heterocycles. The van der Waals surface area contributed by atoms with E-state index in [1.807, 2.05) is 31.2 Å². The average molecular weight is 347 g/mol. The Labute approximate surface area is 148 Å². The summed E-state index contributed by atoms with van der Waals surface area (Å²) < 4.78 is 7.68. The van der Waals surface area contributed by atoms with E-state index in [9.17, 15) is 4.79 Å². The van der Waals surface area contributed by atoms with Gasteiger partial charge in [-0.3, -0.25) is 9.36 Å². The second-order valence-electron chi connectivity index (χ2n) is 6.41. The van der Waals surface area contributed by atoms with Gasteiger partial charge in [0.25, 0.3) is 5.56 Å². The van der Waals surface area contributed by atoms with Gasteiger partial charge in [-0.2, -0.15) is 0 Å². The van der Waals surface area contributed by atoms with Crippen molar-refractivity contribution in [2.24, 2.45) is 0 Å². The first kappa shape index (κ1) is 15.1. The maximum absolute atomic E-state index is 12.5. The van der Waals surface area contributed by atoms with E-state index in [4.69, 9.17) is 4.42 Å². The SMILES string of the molecule is CCn1cnc2c(c1=O)CCN(c1ncnc3c1oc1ccccc13)C2. The van der Waals surface area contributed by atoms with Gasteiger partial charge in [0.2, 0.25) is 0 Å². The van der Waals surface area contributed by atoms with Crippen LogP contribution in [-0.2, 0) is 19.5 Å². The highest BCUT2D eigenvalue weighted by Crippen LogP contribution is 2.33. The van der Waals surface area contributed by atoms with Gasteiger partial charge in [-0.1, -0.05) is 12.1 Å². The fourth-order valence-corrected chi connectivity index (χ4v) is 3.60. The van der Waals surface area contributed by atoms with Gasteiger partial charge in [0, 0.05) is 24.0 Å². The molecule has 0 spiro atoms. The summed E-state index contributed by atoms with van der Waals surface area (Å²) in [6, 6.07) is 7.84. The van der Waals surface area contributed by atoms with Gasteiger partial charge >= 0.3 is 0 Å². The lowest BCUT2D eigenvalue weighted by Crippen LogP contribution is -2.37. The number of rotatable bonds is 2. The van der Waals surface area contributed by atoms with Crippen molar-refractivity contribution in [1.82, 2.24) is 19.5 Å². The molecule has 5 rings (SSSR count). The topological polar surface area (TPSA) is 77.1 Å². The Morgan fingerprint density at radius 2 is 2.08 bits per heavy atom. The first-order chi connectivity index (χ1) is 12.8. The number of aromatic nitrogens is 4. The summed E-state index contributed by atoms with van der Waals surface area (Å²) in [6.07, 6.45) is 3.84. The third kappa shape index (κ3) is 2.13. The number of aryl methyl sites for hydroxylation is 1. The Kier molecular flexibility index (Phi) is 3.28. The summed E-state index contributed by atoms with van der Waals surface area (Å²) in [5.74, 6) is 0.748. The summed E-state index contributed by atoms with van der Waals surface area (Å²) in [6.45, 7) is 3.82. The zero-order chi connectivity index (χ0) is 17.7. The molecule has 1 aromatic carbocycles. The van der Waals surface area contributed by atoms with Gasteiger partial charge in [-0.25, -0.2) is 15.0 Å². The Balaban J connectivity index is 1.61. The van der Waals surface area contributed by atoms with E-state index >= 15 is 0 Å². The monoisotopic (exact) mass is 347 g/mol. The number of anilines is 1. The third-order valence-electron chi connectivity index (χ3n) is 4.97. The lowest BCUT2D eigenvalue weighted by molar-refractivity contribution is 0.624. The van der Waals surface area contributed by atoms with Crippen LogP contribution >= 0.6 is 0 Å². The standard InChI is InChI=1S/C19H17N5O2/c1-2-23-11-22-14-9-24(8-7-12(14)19(23)25)18-17-16(20-10-21-18)13-5-3-4-6-15(13)26-17/h3-6,10-11H,2,7-9H2,1H3. The molecule has 4 aromatic rings. The lowest BCUT2D eigenvalue weighted by Gasteiger charge is -2.28. The van der Waals surface area contributed by atoms with Crippen molar-refractivity contribution >= 4 is 27.9 Å². The van der Waals surface area contributed by atoms with E-state index in [0.29, 0.717) is 31.6 Å². The number of benzene rings is 1. The second kappa shape index (κ2) is 5.66. The maximum Gasteiger partial charge on any atom is 0.256 e. The molecule has 0 fully saturated rings. The van der Waals surface area contributed by atoms with Gasteiger partial charge in [0.15, 0.2) is 11.4 Å². The fourth-order valence-electron chi connectivity index (χ4n) is 3.60. The molecule has 0 saturated carbocycles. The smallest absolute Gasteiger partial charge is 0.256 e. The maximum atomic E-state index is 12.5. The van der Waals surface area contributed by atoms with Crippen LogP contribution in [0.1, 0.15) is 18.2 Å². The predicted octanol–water partition coefficient (Wildman–Crippen LogP) is 2.52. The second-order valence-corrected chi connectivity index (χ2v) is 6.41. The minimum Gasteiger partial charge on any atom is -0.450 e. The highest BCUT2D eigenvalue weighted by atomic mass is 16.3. The molecule has 0 aliphatic carbocycles. The molecule has 0 unspecified atom stereocenters. The van der Waals surface area contributed by atoms with Crippen LogP contribution in [-0.4, -0.2) is 26.1 Å². The van der Waals surface area contributed by atoms with Gasteiger partial charge in [-0.05, 0) is 25.5 Å². The summed E-state index contributed by atoms with van der Waals surface area (Å²) in [7, 11) is 0. The molecular weight excluding hydrogens is 330 g/mol. The van der Waals surface area contributed by atoms with Crippen LogP contribution in [0.25, 0.3) is 22.1 Å². The van der Waals surface area contributed by atoms with E-state index in [1.165, 1.54) is 0 Å². The van der Waals surface area contributed by atoms with Crippen molar-refractivity contribution in [3.05, 3.63) is 58.5 Å². The van der Waals surface area contributed by atoms with E-state index in [1.54, 1.807) is 17.2 Å². The third-order valence-corrected chi connectivity index (χ3v) is 4.97. The molecule has 0 bridgehead atoms. The van der Waals surface area contributed by atoms with Gasteiger partial charge in [0.1, 0.15) is 17.4 Å². The Morgan fingerprint density at radius 3 is 2.96 bits per heavy atom. The number of furan rings is 1. The largest absolute Gasteiger partial charge is 0.450 e. The molecule has 1 aliphatic heterocycles. The van der Waals surface area contributed by atoms with Gasteiger partial charge in [-0.15, -0.1) is 0 Å². The molecular formula is C19H17N5O2. The van der Waals surface area contributed by atoms with Crippen molar-refractivity contribution in [2.75, 3.05) is 11.4 Å². The molecule has 26 heavy (non-hydrogen) atoms. The Morgan fingerprint density at radius 1 is 1.19 bits per heavy atom. The Bertz CT molecular complexity index is 1190. The molecule has 7 heteroatoms. The average Bonchev–Trinajstić information content (AvgIpc) is 3.07. The first-order valence-corrected chi connectivity index (χ1v) is 8.70. The highest BCUT2D eigenvalue weighted by Gasteiger charge is 2.25. The van der Waals surface area contributed by atoms with Crippen LogP contribution in [0, 0.1) is 0 Å². The van der Waals surface area contributed by atoms with E-state index < -0.39 is 0 Å². The molecule has 0 radical (unpaired) electrons. The summed E-state index contributed by atoms with van der Waals surface area (Å²) in [4.78, 5) is 28.0. The molecule has 7 nitrogen and oxygen atoms in total. The molecule has 0 amide bonds.